The molecule has 2 aromatic rings. The van der Waals surface area contributed by atoms with E-state index in [1.54, 1.807) is 30.3 Å². The number of benzene rings is 1. The van der Waals surface area contributed by atoms with Crippen molar-refractivity contribution in [2.45, 2.75) is 25.4 Å². The summed E-state index contributed by atoms with van der Waals surface area (Å²) in [5, 5.41) is 7.58. The molecular weight excluding hydrogens is 324 g/mol. The highest BCUT2D eigenvalue weighted by atomic mass is 32.1. The van der Waals surface area contributed by atoms with Crippen LogP contribution in [-0.4, -0.2) is 31.1 Å². The number of hydrogen-bond acceptors (Lipinski definition) is 4. The van der Waals surface area contributed by atoms with Crippen molar-refractivity contribution in [3.8, 4) is 0 Å². The lowest BCUT2D eigenvalue weighted by Gasteiger charge is -2.10. The van der Waals surface area contributed by atoms with Gasteiger partial charge >= 0.3 is 0 Å². The monoisotopic (exact) mass is 344 g/mol. The van der Waals surface area contributed by atoms with Crippen LogP contribution in [0.15, 0.2) is 41.8 Å². The van der Waals surface area contributed by atoms with Gasteiger partial charge in [0.25, 0.3) is 11.8 Å². The van der Waals surface area contributed by atoms with Gasteiger partial charge in [0.2, 0.25) is 0 Å². The van der Waals surface area contributed by atoms with Crippen LogP contribution in [-0.2, 0) is 4.74 Å². The highest BCUT2D eigenvalue weighted by Gasteiger charge is 2.15. The first-order valence-electron chi connectivity index (χ1n) is 8.07. The Morgan fingerprint density at radius 3 is 2.67 bits per heavy atom. The van der Waals surface area contributed by atoms with Crippen LogP contribution in [0, 0.1) is 0 Å². The van der Waals surface area contributed by atoms with Crippen LogP contribution < -0.4 is 10.6 Å². The second kappa shape index (κ2) is 8.08. The zero-order valence-electron chi connectivity index (χ0n) is 13.3. The van der Waals surface area contributed by atoms with Crippen molar-refractivity contribution in [1.29, 1.82) is 0 Å². The molecular formula is C18H20N2O3S. The van der Waals surface area contributed by atoms with E-state index in [0.29, 0.717) is 22.7 Å². The smallest absolute Gasteiger partial charge is 0.265 e. The van der Waals surface area contributed by atoms with Gasteiger partial charge in [-0.15, -0.1) is 11.3 Å². The number of anilines is 1. The molecule has 0 saturated carbocycles. The topological polar surface area (TPSA) is 67.4 Å². The van der Waals surface area contributed by atoms with Gasteiger partial charge in [0.15, 0.2) is 0 Å². The van der Waals surface area contributed by atoms with Gasteiger partial charge in [0, 0.05) is 24.4 Å². The van der Waals surface area contributed by atoms with Crippen molar-refractivity contribution in [1.82, 2.24) is 5.32 Å². The molecule has 0 bridgehead atoms. The Balaban J connectivity index is 1.48. The third-order valence-electron chi connectivity index (χ3n) is 3.93. The van der Waals surface area contributed by atoms with Gasteiger partial charge in [-0.2, -0.15) is 0 Å². The summed E-state index contributed by atoms with van der Waals surface area (Å²) in [5.41, 5.74) is 1.25. The van der Waals surface area contributed by atoms with E-state index < -0.39 is 0 Å². The lowest BCUT2D eigenvalue weighted by molar-refractivity contribution is 0.0906. The number of thiophene rings is 1. The maximum atomic E-state index is 12.1. The highest BCUT2D eigenvalue weighted by Crippen LogP contribution is 2.15. The molecule has 0 aliphatic carbocycles. The number of amides is 2. The summed E-state index contributed by atoms with van der Waals surface area (Å²) in [6, 6.07) is 10.5. The van der Waals surface area contributed by atoms with Crippen molar-refractivity contribution in [2.75, 3.05) is 18.5 Å². The molecule has 1 aromatic carbocycles. The van der Waals surface area contributed by atoms with E-state index in [1.165, 1.54) is 11.3 Å². The maximum Gasteiger partial charge on any atom is 0.265 e. The van der Waals surface area contributed by atoms with E-state index in [1.807, 2.05) is 11.4 Å². The lowest BCUT2D eigenvalue weighted by atomic mass is 10.1. The fourth-order valence-electron chi connectivity index (χ4n) is 2.63. The van der Waals surface area contributed by atoms with Gasteiger partial charge in [0.1, 0.15) is 0 Å². The fourth-order valence-corrected chi connectivity index (χ4v) is 3.25. The molecule has 0 spiro atoms. The average Bonchev–Trinajstić information content (AvgIpc) is 3.29. The largest absolute Gasteiger partial charge is 0.378 e. The minimum absolute atomic E-state index is 0.107. The van der Waals surface area contributed by atoms with E-state index in [0.717, 1.165) is 25.9 Å². The number of carbonyl (C=O) groups excluding carboxylic acids is 2. The SMILES string of the molecule is O=C(NCC[C@@H]1CCCO1)c1ccc(NC(=O)c2cccs2)cc1. The van der Waals surface area contributed by atoms with Crippen molar-refractivity contribution < 1.29 is 14.3 Å². The van der Waals surface area contributed by atoms with E-state index in [-0.39, 0.29) is 17.9 Å². The molecule has 0 unspecified atom stereocenters. The average molecular weight is 344 g/mol. The molecule has 3 rings (SSSR count). The predicted molar refractivity (Wildman–Crippen MR) is 94.6 cm³/mol. The molecule has 2 N–H and O–H groups in total. The molecule has 1 aromatic heterocycles. The molecule has 1 aliphatic rings. The first kappa shape index (κ1) is 16.7. The Morgan fingerprint density at radius 2 is 2.00 bits per heavy atom. The molecule has 1 saturated heterocycles. The quantitative estimate of drug-likeness (QED) is 0.845. The minimum Gasteiger partial charge on any atom is -0.378 e. The molecule has 1 aliphatic heterocycles. The molecule has 6 heteroatoms. The number of ether oxygens (including phenoxy) is 1. The van der Waals surface area contributed by atoms with Crippen molar-refractivity contribution in [2.24, 2.45) is 0 Å². The zero-order chi connectivity index (χ0) is 16.8. The highest BCUT2D eigenvalue weighted by molar-refractivity contribution is 7.12. The van der Waals surface area contributed by atoms with Gasteiger partial charge in [-0.3, -0.25) is 9.59 Å². The Morgan fingerprint density at radius 1 is 1.17 bits per heavy atom. The maximum absolute atomic E-state index is 12.1. The molecule has 0 radical (unpaired) electrons. The second-order valence-corrected chi connectivity index (χ2v) is 6.64. The Bertz CT molecular complexity index is 677. The third kappa shape index (κ3) is 4.43. The first-order chi connectivity index (χ1) is 11.7. The van der Waals surface area contributed by atoms with Gasteiger partial charge in [0.05, 0.1) is 11.0 Å². The fraction of sp³-hybridized carbons (Fsp3) is 0.333. The van der Waals surface area contributed by atoms with E-state index >= 15 is 0 Å². The number of hydrogen-bond donors (Lipinski definition) is 2. The van der Waals surface area contributed by atoms with Crippen LogP contribution in [0.1, 0.15) is 39.3 Å². The van der Waals surface area contributed by atoms with Crippen LogP contribution in [0.5, 0.6) is 0 Å². The van der Waals surface area contributed by atoms with Crippen LogP contribution in [0.4, 0.5) is 5.69 Å². The van der Waals surface area contributed by atoms with Crippen LogP contribution in [0.25, 0.3) is 0 Å². The normalized spacial score (nSPS) is 16.8. The molecule has 1 fully saturated rings. The van der Waals surface area contributed by atoms with Gasteiger partial charge in [-0.1, -0.05) is 6.07 Å². The van der Waals surface area contributed by atoms with E-state index in [9.17, 15) is 9.59 Å². The summed E-state index contributed by atoms with van der Waals surface area (Å²) in [6.07, 6.45) is 3.31. The Labute approximate surface area is 145 Å². The number of carbonyl (C=O) groups is 2. The van der Waals surface area contributed by atoms with Crippen molar-refractivity contribution in [3.63, 3.8) is 0 Å². The zero-order valence-corrected chi connectivity index (χ0v) is 14.1. The molecule has 2 amide bonds. The van der Waals surface area contributed by atoms with Crippen molar-refractivity contribution >= 4 is 28.8 Å². The summed E-state index contributed by atoms with van der Waals surface area (Å²) in [7, 11) is 0. The minimum atomic E-state index is -0.140. The summed E-state index contributed by atoms with van der Waals surface area (Å²) in [6.45, 7) is 1.44. The molecule has 126 valence electrons. The van der Waals surface area contributed by atoms with Gasteiger partial charge in [-0.05, 0) is 55.0 Å². The predicted octanol–water partition coefficient (Wildman–Crippen LogP) is 3.30. The Kier molecular flexibility index (Phi) is 5.61. The molecule has 2 heterocycles. The lowest BCUT2D eigenvalue weighted by Crippen LogP contribution is -2.27. The molecule has 24 heavy (non-hydrogen) atoms. The first-order valence-corrected chi connectivity index (χ1v) is 8.95. The van der Waals surface area contributed by atoms with Crippen molar-refractivity contribution in [3.05, 3.63) is 52.2 Å². The number of rotatable bonds is 6. The Hall–Kier alpha value is -2.18. The van der Waals surface area contributed by atoms with Gasteiger partial charge in [-0.25, -0.2) is 0 Å². The van der Waals surface area contributed by atoms with E-state index in [2.05, 4.69) is 10.6 Å². The van der Waals surface area contributed by atoms with Crippen LogP contribution in [0.3, 0.4) is 0 Å². The van der Waals surface area contributed by atoms with Crippen LogP contribution >= 0.6 is 11.3 Å². The number of nitrogens with one attached hydrogen (secondary N) is 2. The van der Waals surface area contributed by atoms with Gasteiger partial charge < -0.3 is 15.4 Å². The second-order valence-electron chi connectivity index (χ2n) is 5.69. The van der Waals surface area contributed by atoms with Crippen LogP contribution in [0.2, 0.25) is 0 Å². The molecule has 1 atom stereocenters. The standard InChI is InChI=1S/C18H20N2O3S/c21-17(19-10-9-15-3-1-11-23-15)13-5-7-14(8-6-13)20-18(22)16-4-2-12-24-16/h2,4-8,12,15H,1,3,9-11H2,(H,19,21)(H,20,22)/t15-/m0/s1. The third-order valence-corrected chi connectivity index (χ3v) is 4.79. The summed E-state index contributed by atoms with van der Waals surface area (Å²) >= 11 is 1.39. The summed E-state index contributed by atoms with van der Waals surface area (Å²) in [4.78, 5) is 24.7. The van der Waals surface area contributed by atoms with E-state index in [4.69, 9.17) is 4.74 Å². The summed E-state index contributed by atoms with van der Waals surface area (Å²) in [5.74, 6) is -0.247. The molecule has 5 nitrogen and oxygen atoms in total. The summed E-state index contributed by atoms with van der Waals surface area (Å²) < 4.78 is 5.53.